The van der Waals surface area contributed by atoms with Crippen LogP contribution in [-0.4, -0.2) is 18.2 Å². The van der Waals surface area contributed by atoms with Crippen molar-refractivity contribution in [1.29, 1.82) is 5.26 Å². The smallest absolute Gasteiger partial charge is 0.338 e. The normalized spacial score (nSPS) is 9.40. The van der Waals surface area contributed by atoms with Crippen LogP contribution in [0, 0.1) is 11.3 Å². The van der Waals surface area contributed by atoms with Crippen molar-refractivity contribution in [3.63, 3.8) is 0 Å². The maximum atomic E-state index is 11.2. The van der Waals surface area contributed by atoms with Crippen LogP contribution in [0.15, 0.2) is 12.1 Å². The number of phenolic OH excluding ortho intramolecular Hbond substituents is 1. The molecular weight excluding hydrogens is 194 g/mol. The number of benzene rings is 1. The Morgan fingerprint density at radius 2 is 2.27 bits per heavy atom. The monoisotopic (exact) mass is 205 g/mol. The van der Waals surface area contributed by atoms with Crippen molar-refractivity contribution in [2.45, 2.75) is 13.3 Å². The fourth-order valence-electron chi connectivity index (χ4n) is 1.36. The van der Waals surface area contributed by atoms with Gasteiger partial charge in [-0.25, -0.2) is 4.79 Å². The predicted octanol–water partition coefficient (Wildman–Crippen LogP) is 1.61. The first-order valence-corrected chi connectivity index (χ1v) is 4.48. The standard InChI is InChI=1S/C11H11NO3/c1-3-9-8(6-12)4-7(5-10(9)13)11(14)15-2/h4-5,13H,3H2,1-2H3. The number of esters is 1. The predicted molar refractivity (Wildman–Crippen MR) is 53.5 cm³/mol. The SMILES string of the molecule is CCc1c(O)cc(C(=O)OC)cc1C#N. The van der Waals surface area contributed by atoms with Crippen molar-refractivity contribution in [1.82, 2.24) is 0 Å². The Hall–Kier alpha value is -2.02. The van der Waals surface area contributed by atoms with E-state index >= 15 is 0 Å². The molecule has 0 aromatic heterocycles. The van der Waals surface area contributed by atoms with Crippen molar-refractivity contribution >= 4 is 5.97 Å². The summed E-state index contributed by atoms with van der Waals surface area (Å²) in [7, 11) is 1.25. The molecule has 4 heteroatoms. The summed E-state index contributed by atoms with van der Waals surface area (Å²) in [6.07, 6.45) is 0.538. The third-order valence-corrected chi connectivity index (χ3v) is 2.12. The van der Waals surface area contributed by atoms with E-state index < -0.39 is 5.97 Å². The van der Waals surface area contributed by atoms with Crippen LogP contribution in [0.5, 0.6) is 5.75 Å². The van der Waals surface area contributed by atoms with Crippen molar-refractivity contribution in [3.05, 3.63) is 28.8 Å². The Labute approximate surface area is 87.7 Å². The third kappa shape index (κ3) is 2.08. The molecule has 1 N–H and O–H groups in total. The molecule has 1 aromatic carbocycles. The van der Waals surface area contributed by atoms with Crippen molar-refractivity contribution in [2.75, 3.05) is 7.11 Å². The lowest BCUT2D eigenvalue weighted by molar-refractivity contribution is 0.0600. The van der Waals surface area contributed by atoms with Gasteiger partial charge in [-0.15, -0.1) is 0 Å². The maximum Gasteiger partial charge on any atom is 0.338 e. The zero-order valence-electron chi connectivity index (χ0n) is 8.57. The maximum absolute atomic E-state index is 11.2. The third-order valence-electron chi connectivity index (χ3n) is 2.12. The number of rotatable bonds is 2. The van der Waals surface area contributed by atoms with E-state index in [1.54, 1.807) is 0 Å². The van der Waals surface area contributed by atoms with E-state index in [2.05, 4.69) is 4.74 Å². The molecule has 0 saturated carbocycles. The topological polar surface area (TPSA) is 70.3 Å². The molecule has 4 nitrogen and oxygen atoms in total. The fraction of sp³-hybridized carbons (Fsp3) is 0.273. The van der Waals surface area contributed by atoms with Gasteiger partial charge in [0.1, 0.15) is 5.75 Å². The van der Waals surface area contributed by atoms with Gasteiger partial charge in [0.2, 0.25) is 0 Å². The molecule has 0 atom stereocenters. The molecule has 0 aliphatic rings. The van der Waals surface area contributed by atoms with Crippen LogP contribution >= 0.6 is 0 Å². The average molecular weight is 205 g/mol. The number of aromatic hydroxyl groups is 1. The Morgan fingerprint density at radius 3 is 2.73 bits per heavy atom. The van der Waals surface area contributed by atoms with Crippen molar-refractivity contribution in [3.8, 4) is 11.8 Å². The number of methoxy groups -OCH3 is 1. The molecule has 0 bridgehead atoms. The number of hydrogen-bond acceptors (Lipinski definition) is 4. The van der Waals surface area contributed by atoms with E-state index in [1.165, 1.54) is 19.2 Å². The Balaban J connectivity index is 3.33. The fourth-order valence-corrected chi connectivity index (χ4v) is 1.36. The molecular formula is C11H11NO3. The number of nitriles is 1. The van der Waals surface area contributed by atoms with Crippen molar-refractivity contribution in [2.24, 2.45) is 0 Å². The minimum absolute atomic E-state index is 0.0445. The second-order valence-electron chi connectivity index (χ2n) is 2.98. The average Bonchev–Trinajstić information content (AvgIpc) is 2.26. The summed E-state index contributed by atoms with van der Waals surface area (Å²) in [6, 6.07) is 4.67. The molecule has 78 valence electrons. The lowest BCUT2D eigenvalue weighted by atomic mass is 10.0. The summed E-state index contributed by atoms with van der Waals surface area (Å²) in [4.78, 5) is 11.2. The van der Waals surface area contributed by atoms with E-state index in [0.29, 0.717) is 17.5 Å². The minimum atomic E-state index is -0.565. The zero-order valence-corrected chi connectivity index (χ0v) is 8.57. The van der Waals surface area contributed by atoms with Gasteiger partial charge in [-0.2, -0.15) is 5.26 Å². The van der Waals surface area contributed by atoms with E-state index in [9.17, 15) is 9.90 Å². The molecule has 0 fully saturated rings. The molecule has 1 rings (SSSR count). The second kappa shape index (κ2) is 4.47. The molecule has 0 aliphatic heterocycles. The van der Waals surface area contributed by atoms with Gasteiger partial charge in [-0.1, -0.05) is 6.92 Å². The molecule has 0 saturated heterocycles. The van der Waals surface area contributed by atoms with E-state index in [0.717, 1.165) is 0 Å². The van der Waals surface area contributed by atoms with Gasteiger partial charge in [-0.3, -0.25) is 0 Å². The Morgan fingerprint density at radius 1 is 1.60 bits per heavy atom. The van der Waals surface area contributed by atoms with Gasteiger partial charge in [0.25, 0.3) is 0 Å². The van der Waals surface area contributed by atoms with E-state index in [-0.39, 0.29) is 11.3 Å². The Kier molecular flexibility index (Phi) is 3.29. The molecule has 0 aliphatic carbocycles. The highest BCUT2D eigenvalue weighted by atomic mass is 16.5. The van der Waals surface area contributed by atoms with Gasteiger partial charge in [0.05, 0.1) is 24.3 Å². The first-order valence-electron chi connectivity index (χ1n) is 4.48. The number of carbonyl (C=O) groups is 1. The number of nitrogens with zero attached hydrogens (tertiary/aromatic N) is 1. The number of carbonyl (C=O) groups excluding carboxylic acids is 1. The van der Waals surface area contributed by atoms with Gasteiger partial charge in [-0.05, 0) is 18.6 Å². The summed E-state index contributed by atoms with van der Waals surface area (Å²) >= 11 is 0. The molecule has 1 aromatic rings. The zero-order chi connectivity index (χ0) is 11.4. The highest BCUT2D eigenvalue weighted by Gasteiger charge is 2.13. The van der Waals surface area contributed by atoms with Crippen LogP contribution in [0.4, 0.5) is 0 Å². The molecule has 0 spiro atoms. The first kappa shape index (κ1) is 11.1. The quantitative estimate of drug-likeness (QED) is 0.744. The van der Waals surface area contributed by atoms with Crippen LogP contribution < -0.4 is 0 Å². The first-order chi connectivity index (χ1) is 7.13. The molecule has 0 unspecified atom stereocenters. The van der Waals surface area contributed by atoms with Crippen LogP contribution in [0.1, 0.15) is 28.4 Å². The highest BCUT2D eigenvalue weighted by molar-refractivity contribution is 5.90. The van der Waals surface area contributed by atoms with Crippen LogP contribution in [-0.2, 0) is 11.2 Å². The van der Waals surface area contributed by atoms with Gasteiger partial charge in [0, 0.05) is 5.56 Å². The minimum Gasteiger partial charge on any atom is -0.508 e. The lowest BCUT2D eigenvalue weighted by Crippen LogP contribution is -2.03. The van der Waals surface area contributed by atoms with E-state index in [4.69, 9.17) is 5.26 Å². The number of phenols is 1. The van der Waals surface area contributed by atoms with Gasteiger partial charge >= 0.3 is 5.97 Å². The summed E-state index contributed by atoms with van der Waals surface area (Å²) in [5.41, 5.74) is 1.03. The van der Waals surface area contributed by atoms with Gasteiger partial charge in [0.15, 0.2) is 0 Å². The number of ether oxygens (including phenoxy) is 1. The van der Waals surface area contributed by atoms with Crippen LogP contribution in [0.3, 0.4) is 0 Å². The summed E-state index contributed by atoms with van der Waals surface area (Å²) < 4.78 is 4.50. The highest BCUT2D eigenvalue weighted by Crippen LogP contribution is 2.24. The van der Waals surface area contributed by atoms with Crippen molar-refractivity contribution < 1.29 is 14.6 Å². The second-order valence-corrected chi connectivity index (χ2v) is 2.98. The number of hydrogen-bond donors (Lipinski definition) is 1. The molecule has 0 radical (unpaired) electrons. The summed E-state index contributed by atoms with van der Waals surface area (Å²) in [5, 5.41) is 18.4. The molecule has 0 amide bonds. The Bertz CT molecular complexity index is 432. The lowest BCUT2D eigenvalue weighted by Gasteiger charge is -2.06. The van der Waals surface area contributed by atoms with Crippen LogP contribution in [0.2, 0.25) is 0 Å². The summed E-state index contributed by atoms with van der Waals surface area (Å²) in [6.45, 7) is 1.83. The molecule has 0 heterocycles. The van der Waals surface area contributed by atoms with E-state index in [1.807, 2.05) is 13.0 Å². The largest absolute Gasteiger partial charge is 0.508 e. The summed E-state index contributed by atoms with van der Waals surface area (Å²) in [5.74, 6) is -0.610. The van der Waals surface area contributed by atoms with Crippen LogP contribution in [0.25, 0.3) is 0 Å². The molecule has 15 heavy (non-hydrogen) atoms. The van der Waals surface area contributed by atoms with Gasteiger partial charge < -0.3 is 9.84 Å².